The Labute approximate surface area is 116 Å². The summed E-state index contributed by atoms with van der Waals surface area (Å²) in [6.45, 7) is 0.663. The van der Waals surface area contributed by atoms with Crippen molar-refractivity contribution in [2.24, 2.45) is 0 Å². The molecule has 19 heavy (non-hydrogen) atoms. The Morgan fingerprint density at radius 1 is 1.32 bits per heavy atom. The highest BCUT2D eigenvalue weighted by atomic mass is 32.1. The molecule has 98 valence electrons. The standard InChI is InChI=1S/C14H15N3OS/c18-14(16-13-8-9-15-19-13)17(12-6-7-12)10-11-4-2-1-3-5-11/h1-5,8-9,12H,6-7,10H2,(H,16,18). The summed E-state index contributed by atoms with van der Waals surface area (Å²) in [5.41, 5.74) is 1.16. The molecule has 2 aromatic rings. The highest BCUT2D eigenvalue weighted by Crippen LogP contribution is 2.29. The quantitative estimate of drug-likeness (QED) is 0.928. The van der Waals surface area contributed by atoms with Gasteiger partial charge in [0.05, 0.1) is 0 Å². The van der Waals surface area contributed by atoms with Gasteiger partial charge < -0.3 is 4.90 Å². The third-order valence-electron chi connectivity index (χ3n) is 3.11. The maximum atomic E-state index is 12.3. The molecule has 1 aromatic heterocycles. The number of aromatic nitrogens is 1. The van der Waals surface area contributed by atoms with Crippen molar-refractivity contribution < 1.29 is 4.79 Å². The molecule has 1 fully saturated rings. The Morgan fingerprint density at radius 2 is 2.11 bits per heavy atom. The van der Waals surface area contributed by atoms with Crippen LogP contribution in [0.5, 0.6) is 0 Å². The van der Waals surface area contributed by atoms with Crippen LogP contribution < -0.4 is 5.32 Å². The van der Waals surface area contributed by atoms with Crippen LogP contribution in [0, 0.1) is 0 Å². The van der Waals surface area contributed by atoms with Crippen LogP contribution in [0.4, 0.5) is 9.80 Å². The largest absolute Gasteiger partial charge is 0.323 e. The van der Waals surface area contributed by atoms with Gasteiger partial charge in [-0.2, -0.15) is 4.37 Å². The van der Waals surface area contributed by atoms with E-state index in [-0.39, 0.29) is 6.03 Å². The van der Waals surface area contributed by atoms with Gasteiger partial charge in [0.15, 0.2) is 0 Å². The monoisotopic (exact) mass is 273 g/mol. The van der Waals surface area contributed by atoms with Crippen molar-refractivity contribution in [1.29, 1.82) is 0 Å². The summed E-state index contributed by atoms with van der Waals surface area (Å²) < 4.78 is 3.99. The summed E-state index contributed by atoms with van der Waals surface area (Å²) in [5.74, 6) is 0. The minimum atomic E-state index is -0.0318. The lowest BCUT2D eigenvalue weighted by molar-refractivity contribution is 0.206. The number of benzene rings is 1. The van der Waals surface area contributed by atoms with Crippen molar-refractivity contribution in [3.8, 4) is 0 Å². The van der Waals surface area contributed by atoms with E-state index in [2.05, 4.69) is 21.8 Å². The zero-order valence-electron chi connectivity index (χ0n) is 10.5. The second-order valence-corrected chi connectivity index (χ2v) is 5.48. The molecule has 1 N–H and O–H groups in total. The number of amides is 2. The lowest BCUT2D eigenvalue weighted by Gasteiger charge is -2.22. The van der Waals surface area contributed by atoms with Gasteiger partial charge in [0.2, 0.25) is 0 Å². The SMILES string of the molecule is O=C(Nc1ccns1)N(Cc1ccccc1)C1CC1. The Balaban J connectivity index is 1.69. The molecule has 0 radical (unpaired) electrons. The first kappa shape index (κ1) is 12.2. The fourth-order valence-corrected chi connectivity index (χ4v) is 2.48. The lowest BCUT2D eigenvalue weighted by atomic mass is 10.2. The van der Waals surface area contributed by atoms with Crippen LogP contribution >= 0.6 is 11.5 Å². The first-order chi connectivity index (χ1) is 9.33. The van der Waals surface area contributed by atoms with Crippen LogP contribution in [0.15, 0.2) is 42.6 Å². The Morgan fingerprint density at radius 3 is 2.74 bits per heavy atom. The van der Waals surface area contributed by atoms with Gasteiger partial charge in [0.1, 0.15) is 5.00 Å². The molecule has 4 nitrogen and oxygen atoms in total. The molecule has 3 rings (SSSR count). The van der Waals surface area contributed by atoms with E-state index < -0.39 is 0 Å². The van der Waals surface area contributed by atoms with Crippen LogP contribution in [-0.4, -0.2) is 21.3 Å². The van der Waals surface area contributed by atoms with Gasteiger partial charge >= 0.3 is 6.03 Å². The zero-order chi connectivity index (χ0) is 13.1. The summed E-state index contributed by atoms with van der Waals surface area (Å²) in [6, 6.07) is 12.3. The number of nitrogens with one attached hydrogen (secondary N) is 1. The van der Waals surface area contributed by atoms with E-state index in [1.54, 1.807) is 6.20 Å². The number of carbonyl (C=O) groups excluding carboxylic acids is 1. The highest BCUT2D eigenvalue weighted by molar-refractivity contribution is 7.10. The van der Waals surface area contributed by atoms with Gasteiger partial charge in [0, 0.05) is 18.8 Å². The smallest absolute Gasteiger partial charge is 0.317 e. The topological polar surface area (TPSA) is 45.2 Å². The van der Waals surface area contributed by atoms with Crippen molar-refractivity contribution in [3.05, 3.63) is 48.2 Å². The summed E-state index contributed by atoms with van der Waals surface area (Å²) in [6.07, 6.45) is 3.89. The maximum Gasteiger partial charge on any atom is 0.323 e. The van der Waals surface area contributed by atoms with Crippen molar-refractivity contribution in [3.63, 3.8) is 0 Å². The predicted molar refractivity (Wildman–Crippen MR) is 76.1 cm³/mol. The van der Waals surface area contributed by atoms with Crippen LogP contribution in [0.25, 0.3) is 0 Å². The number of nitrogens with zero attached hydrogens (tertiary/aromatic N) is 2. The molecular weight excluding hydrogens is 258 g/mol. The van der Waals surface area contributed by atoms with Crippen molar-refractivity contribution >= 4 is 22.6 Å². The molecule has 1 aliphatic carbocycles. The van der Waals surface area contributed by atoms with Gasteiger partial charge in [-0.15, -0.1) is 0 Å². The molecule has 1 saturated carbocycles. The number of hydrogen-bond donors (Lipinski definition) is 1. The molecule has 5 heteroatoms. The molecule has 0 saturated heterocycles. The van der Waals surface area contributed by atoms with Gasteiger partial charge in [-0.1, -0.05) is 30.3 Å². The molecule has 0 spiro atoms. The summed E-state index contributed by atoms with van der Waals surface area (Å²) in [7, 11) is 0. The fraction of sp³-hybridized carbons (Fsp3) is 0.286. The minimum absolute atomic E-state index is 0.0318. The molecule has 1 heterocycles. The number of anilines is 1. The van der Waals surface area contributed by atoms with Gasteiger partial charge in [-0.3, -0.25) is 5.32 Å². The molecule has 0 atom stereocenters. The van der Waals surface area contributed by atoms with Crippen molar-refractivity contribution in [2.75, 3.05) is 5.32 Å². The summed E-state index contributed by atoms with van der Waals surface area (Å²) >= 11 is 1.30. The van der Waals surface area contributed by atoms with E-state index in [0.717, 1.165) is 23.4 Å². The molecule has 1 aromatic carbocycles. The second kappa shape index (κ2) is 5.40. The van der Waals surface area contributed by atoms with Crippen LogP contribution in [0.3, 0.4) is 0 Å². The average Bonchev–Trinajstić information content (AvgIpc) is 3.15. The van der Waals surface area contributed by atoms with E-state index in [1.807, 2.05) is 29.2 Å². The van der Waals surface area contributed by atoms with E-state index in [0.29, 0.717) is 12.6 Å². The first-order valence-electron chi connectivity index (χ1n) is 6.35. The normalized spacial score (nSPS) is 14.1. The van der Waals surface area contributed by atoms with Gasteiger partial charge in [-0.05, 0) is 36.0 Å². The predicted octanol–water partition coefficient (Wildman–Crippen LogP) is 3.34. The van der Waals surface area contributed by atoms with Crippen LogP contribution in [0.2, 0.25) is 0 Å². The van der Waals surface area contributed by atoms with Crippen LogP contribution in [-0.2, 0) is 6.54 Å². The number of urea groups is 1. The van der Waals surface area contributed by atoms with E-state index in [9.17, 15) is 4.79 Å². The Hall–Kier alpha value is -1.88. The molecule has 0 unspecified atom stereocenters. The molecule has 2 amide bonds. The summed E-state index contributed by atoms with van der Waals surface area (Å²) in [4.78, 5) is 14.2. The van der Waals surface area contributed by atoms with Crippen molar-refractivity contribution in [1.82, 2.24) is 9.27 Å². The maximum absolute atomic E-state index is 12.3. The number of carbonyl (C=O) groups is 1. The lowest BCUT2D eigenvalue weighted by Crippen LogP contribution is -2.36. The molecule has 0 bridgehead atoms. The summed E-state index contributed by atoms with van der Waals surface area (Å²) in [5, 5.41) is 3.70. The number of hydrogen-bond acceptors (Lipinski definition) is 3. The third kappa shape index (κ3) is 3.12. The second-order valence-electron chi connectivity index (χ2n) is 4.65. The molecule has 0 aliphatic heterocycles. The Bertz CT molecular complexity index is 537. The fourth-order valence-electron chi connectivity index (χ4n) is 1.99. The minimum Gasteiger partial charge on any atom is -0.317 e. The van der Waals surface area contributed by atoms with E-state index in [4.69, 9.17) is 0 Å². The molecular formula is C14H15N3OS. The third-order valence-corrected chi connectivity index (χ3v) is 3.77. The average molecular weight is 273 g/mol. The number of rotatable bonds is 4. The zero-order valence-corrected chi connectivity index (χ0v) is 11.3. The van der Waals surface area contributed by atoms with Crippen molar-refractivity contribution in [2.45, 2.75) is 25.4 Å². The van der Waals surface area contributed by atoms with Gasteiger partial charge in [0.25, 0.3) is 0 Å². The Kier molecular flexibility index (Phi) is 3.46. The van der Waals surface area contributed by atoms with Gasteiger partial charge in [-0.25, -0.2) is 4.79 Å². The van der Waals surface area contributed by atoms with E-state index in [1.165, 1.54) is 11.5 Å². The highest BCUT2D eigenvalue weighted by Gasteiger charge is 2.32. The molecule has 1 aliphatic rings. The van der Waals surface area contributed by atoms with Crippen LogP contribution in [0.1, 0.15) is 18.4 Å². The first-order valence-corrected chi connectivity index (χ1v) is 7.12. The van der Waals surface area contributed by atoms with E-state index >= 15 is 0 Å².